The second-order valence-electron chi connectivity index (χ2n) is 8.56. The number of ether oxygens (including phenoxy) is 1. The van der Waals surface area contributed by atoms with E-state index in [1.165, 1.54) is 29.4 Å². The van der Waals surface area contributed by atoms with Crippen LogP contribution in [0.1, 0.15) is 35.5 Å². The summed E-state index contributed by atoms with van der Waals surface area (Å²) < 4.78 is 67.0. The Hall–Kier alpha value is -4.12. The minimum atomic E-state index is -2.67. The summed E-state index contributed by atoms with van der Waals surface area (Å²) in [5.41, 5.74) is 2.38. The minimum absolute atomic E-state index is 0.0189. The number of fused-ring (bicyclic) bond motifs is 1. The highest BCUT2D eigenvalue weighted by molar-refractivity contribution is 5.92. The molecule has 1 atom stereocenters. The van der Waals surface area contributed by atoms with Gasteiger partial charge in [0.1, 0.15) is 17.3 Å². The second-order valence-corrected chi connectivity index (χ2v) is 8.56. The van der Waals surface area contributed by atoms with Crippen molar-refractivity contribution in [3.05, 3.63) is 71.2 Å². The Bertz CT molecular complexity index is 1630. The summed E-state index contributed by atoms with van der Waals surface area (Å²) in [6.45, 7) is 0.794. The van der Waals surface area contributed by atoms with Crippen LogP contribution >= 0.6 is 0 Å². The van der Waals surface area contributed by atoms with Gasteiger partial charge >= 0.3 is 0 Å². The highest BCUT2D eigenvalue weighted by atomic mass is 19.1. The van der Waals surface area contributed by atoms with E-state index < -0.39 is 31.8 Å². The van der Waals surface area contributed by atoms with E-state index in [0.717, 1.165) is 4.68 Å². The summed E-state index contributed by atoms with van der Waals surface area (Å²) in [6, 6.07) is 5.45. The van der Waals surface area contributed by atoms with E-state index in [1.54, 1.807) is 36.7 Å². The molecule has 36 heavy (non-hydrogen) atoms. The Morgan fingerprint density at radius 2 is 2.14 bits per heavy atom. The Kier molecular flexibility index (Phi) is 4.57. The maximum absolute atomic E-state index is 14.3. The van der Waals surface area contributed by atoms with Crippen molar-refractivity contribution in [2.45, 2.75) is 33.0 Å². The van der Waals surface area contributed by atoms with E-state index in [1.807, 2.05) is 0 Å². The topological polar surface area (TPSA) is 103 Å². The molecule has 186 valence electrons. The number of benzene rings is 1. The lowest BCUT2D eigenvalue weighted by Gasteiger charge is -2.35. The monoisotopic (exact) mass is 496 g/mol. The lowest BCUT2D eigenvalue weighted by atomic mass is 10.1. The average Bonchev–Trinajstić information content (AvgIpc) is 3.55. The summed E-state index contributed by atoms with van der Waals surface area (Å²) in [7, 11) is -2.67. The Morgan fingerprint density at radius 1 is 1.25 bits per heavy atom. The molecule has 1 aliphatic rings. The van der Waals surface area contributed by atoms with Gasteiger partial charge in [-0.05, 0) is 36.6 Å². The Labute approximate surface area is 216 Å². The molecule has 1 aliphatic heterocycles. The van der Waals surface area contributed by atoms with Gasteiger partial charge in [0.25, 0.3) is 5.91 Å². The molecule has 4 aromatic rings. The Balaban J connectivity index is 1.46. The van der Waals surface area contributed by atoms with Gasteiger partial charge in [0, 0.05) is 49.7 Å². The first-order chi connectivity index (χ1) is 19.7. The number of aryl methyl sites for hydroxylation is 3. The van der Waals surface area contributed by atoms with Crippen molar-refractivity contribution < 1.29 is 22.1 Å². The van der Waals surface area contributed by atoms with Crippen molar-refractivity contribution in [1.29, 1.82) is 0 Å². The zero-order valence-electron chi connectivity index (χ0n) is 25.6. The van der Waals surface area contributed by atoms with Crippen LogP contribution in [0.2, 0.25) is 0 Å². The van der Waals surface area contributed by atoms with Crippen molar-refractivity contribution in [3.8, 4) is 11.4 Å². The van der Waals surface area contributed by atoms with Crippen molar-refractivity contribution >= 4 is 17.7 Å². The number of nitrogens with one attached hydrogen (secondary N) is 1. The number of anilines is 2. The standard InChI is InChI=1S/C25H27FN8O2/c1-15-5-6-17(9-19(15)26)11-34-18(14-36-4)12-33-13-20(29-23(33)24(34)35)22-16(2)10-27-25(31-22)30-21-7-8-28-32(21)3/h5-10,13,18H,11-12,14H2,1-4H3,(H,27,30,31)/t18-/m0/s1/i3D3,4D3. The zero-order chi connectivity index (χ0) is 30.4. The quantitative estimate of drug-likeness (QED) is 0.419. The fourth-order valence-electron chi connectivity index (χ4n) is 4.11. The van der Waals surface area contributed by atoms with Gasteiger partial charge in [0.05, 0.1) is 28.7 Å². The largest absolute Gasteiger partial charge is 0.382 e. The molecule has 0 bridgehead atoms. The molecule has 0 saturated heterocycles. The van der Waals surface area contributed by atoms with Crippen LogP contribution < -0.4 is 5.32 Å². The molecule has 0 radical (unpaired) electrons. The fraction of sp³-hybridized carbons (Fsp3) is 0.320. The van der Waals surface area contributed by atoms with E-state index in [0.29, 0.717) is 28.1 Å². The van der Waals surface area contributed by atoms with Crippen LogP contribution in [0.4, 0.5) is 16.2 Å². The molecule has 1 amide bonds. The Morgan fingerprint density at radius 3 is 2.94 bits per heavy atom. The number of amides is 1. The average molecular weight is 497 g/mol. The number of carbonyl (C=O) groups excluding carboxylic acids is 1. The predicted molar refractivity (Wildman–Crippen MR) is 131 cm³/mol. The summed E-state index contributed by atoms with van der Waals surface area (Å²) in [4.78, 5) is 28.4. The summed E-state index contributed by atoms with van der Waals surface area (Å²) in [5.74, 6) is -0.563. The van der Waals surface area contributed by atoms with Crippen LogP contribution in [-0.4, -0.2) is 59.8 Å². The number of halogens is 1. The third-order valence-electron chi connectivity index (χ3n) is 6.04. The first-order valence-corrected chi connectivity index (χ1v) is 11.1. The fourth-order valence-corrected chi connectivity index (χ4v) is 4.11. The minimum Gasteiger partial charge on any atom is -0.382 e. The van der Waals surface area contributed by atoms with Crippen LogP contribution in [-0.2, 0) is 24.8 Å². The lowest BCUT2D eigenvalue weighted by Crippen LogP contribution is -2.49. The van der Waals surface area contributed by atoms with Gasteiger partial charge < -0.3 is 19.5 Å². The van der Waals surface area contributed by atoms with E-state index in [4.69, 9.17) is 13.0 Å². The third-order valence-corrected chi connectivity index (χ3v) is 6.04. The molecule has 0 unspecified atom stereocenters. The van der Waals surface area contributed by atoms with Crippen LogP contribution in [0.25, 0.3) is 11.4 Å². The van der Waals surface area contributed by atoms with Gasteiger partial charge in [-0.1, -0.05) is 12.1 Å². The zero-order valence-corrected chi connectivity index (χ0v) is 19.6. The number of rotatable bonds is 7. The molecular formula is C25H27FN8O2. The second kappa shape index (κ2) is 9.50. The number of hydrogen-bond donors (Lipinski definition) is 1. The maximum atomic E-state index is 14.3. The van der Waals surface area contributed by atoms with Crippen LogP contribution in [0.5, 0.6) is 0 Å². The third kappa shape index (κ3) is 4.44. The van der Waals surface area contributed by atoms with Gasteiger partial charge in [-0.15, -0.1) is 0 Å². The molecule has 0 spiro atoms. The van der Waals surface area contributed by atoms with E-state index in [2.05, 4.69) is 25.4 Å². The summed E-state index contributed by atoms with van der Waals surface area (Å²) >= 11 is 0. The van der Waals surface area contributed by atoms with Crippen LogP contribution in [0, 0.1) is 19.7 Å². The molecule has 3 aromatic heterocycles. The first-order valence-electron chi connectivity index (χ1n) is 14.1. The number of aromatic nitrogens is 6. The van der Waals surface area contributed by atoms with Gasteiger partial charge in [-0.2, -0.15) is 5.10 Å². The smallest absolute Gasteiger partial charge is 0.290 e. The van der Waals surface area contributed by atoms with Crippen molar-refractivity contribution in [2.24, 2.45) is 6.98 Å². The van der Waals surface area contributed by atoms with Gasteiger partial charge in [-0.3, -0.25) is 9.48 Å². The number of imidazole rings is 1. The van der Waals surface area contributed by atoms with Gasteiger partial charge in [0.2, 0.25) is 5.95 Å². The lowest BCUT2D eigenvalue weighted by molar-refractivity contribution is 0.0380. The van der Waals surface area contributed by atoms with Crippen molar-refractivity contribution in [2.75, 3.05) is 19.0 Å². The molecule has 4 heterocycles. The highest BCUT2D eigenvalue weighted by Gasteiger charge is 2.35. The molecule has 0 aliphatic carbocycles. The number of hydrogen-bond acceptors (Lipinski definition) is 7. The first kappa shape index (κ1) is 17.3. The molecule has 10 nitrogen and oxygen atoms in total. The van der Waals surface area contributed by atoms with Crippen LogP contribution in [0.15, 0.2) is 42.9 Å². The summed E-state index contributed by atoms with van der Waals surface area (Å²) in [5, 5.41) is 6.69. The SMILES string of the molecule is [2H]C([2H])([2H])OC[C@@H]1Cn2cc(-c3nc(Nc4ccnn4C([2H])([2H])[2H])ncc3C)nc2C(=O)N1Cc1ccc(C)c(F)c1. The maximum Gasteiger partial charge on any atom is 0.290 e. The van der Waals surface area contributed by atoms with Gasteiger partial charge in [-0.25, -0.2) is 19.3 Å². The number of methoxy groups -OCH3 is 1. The molecule has 1 N–H and O–H groups in total. The van der Waals surface area contributed by atoms with E-state index in [-0.39, 0.29) is 37.3 Å². The molecule has 11 heteroatoms. The predicted octanol–water partition coefficient (Wildman–Crippen LogP) is 3.24. The van der Waals surface area contributed by atoms with Crippen molar-refractivity contribution in [1.82, 2.24) is 34.2 Å². The van der Waals surface area contributed by atoms with Crippen LogP contribution in [0.3, 0.4) is 0 Å². The molecule has 0 fully saturated rings. The number of nitrogens with zero attached hydrogens (tertiary/aromatic N) is 7. The van der Waals surface area contributed by atoms with Crippen molar-refractivity contribution in [3.63, 3.8) is 0 Å². The molecular weight excluding hydrogens is 463 g/mol. The highest BCUT2D eigenvalue weighted by Crippen LogP contribution is 2.27. The molecule has 1 aromatic carbocycles. The molecule has 5 rings (SSSR count). The number of carbonyl (C=O) groups is 1. The van der Waals surface area contributed by atoms with Gasteiger partial charge in [0.15, 0.2) is 5.82 Å². The summed E-state index contributed by atoms with van der Waals surface area (Å²) in [6.07, 6.45) is 4.50. The van der Waals surface area contributed by atoms with E-state index >= 15 is 0 Å². The normalized spacial score (nSPS) is 18.5. The molecule has 0 saturated carbocycles. The van der Waals surface area contributed by atoms with E-state index in [9.17, 15) is 9.18 Å².